The minimum Gasteiger partial charge on any atom is -0.364 e. The van der Waals surface area contributed by atoms with Crippen molar-refractivity contribution in [2.45, 2.75) is 0 Å². The fourth-order valence-electron chi connectivity index (χ4n) is 1.54. The summed E-state index contributed by atoms with van der Waals surface area (Å²) >= 11 is 0. The Kier molecular flexibility index (Phi) is 2.66. The number of nitrogens with one attached hydrogen (secondary N) is 2. The zero-order valence-corrected chi connectivity index (χ0v) is 8.99. The Morgan fingerprint density at radius 2 is 2.12 bits per heavy atom. The monoisotopic (exact) mass is 229 g/mol. The van der Waals surface area contributed by atoms with Gasteiger partial charge in [0.15, 0.2) is 0 Å². The number of primary amides is 1. The second-order valence-corrected chi connectivity index (χ2v) is 3.54. The Bertz CT molecular complexity index is 613. The minimum absolute atomic E-state index is 0.282. The van der Waals surface area contributed by atoms with Crippen LogP contribution in [-0.2, 0) is 4.79 Å². The summed E-state index contributed by atoms with van der Waals surface area (Å²) in [6, 6.07) is 6.88. The van der Waals surface area contributed by atoms with Gasteiger partial charge < -0.3 is 16.0 Å². The third kappa shape index (κ3) is 2.17. The maximum atomic E-state index is 11.1. The highest BCUT2D eigenvalue weighted by Gasteiger charge is 2.06. The first-order valence-electron chi connectivity index (χ1n) is 4.96. The Hall–Kier alpha value is -2.56. The van der Waals surface area contributed by atoms with E-state index in [0.29, 0.717) is 11.4 Å². The van der Waals surface area contributed by atoms with Crippen molar-refractivity contribution >= 4 is 28.4 Å². The van der Waals surface area contributed by atoms with E-state index >= 15 is 0 Å². The second-order valence-electron chi connectivity index (χ2n) is 3.54. The molecule has 0 aliphatic heterocycles. The van der Waals surface area contributed by atoms with Gasteiger partial charge in [-0.15, -0.1) is 0 Å². The lowest BCUT2D eigenvalue weighted by molar-refractivity contribution is -0.111. The van der Waals surface area contributed by atoms with E-state index in [1.165, 1.54) is 6.08 Å². The number of benzene rings is 1. The minimum atomic E-state index is -0.516. The molecule has 0 spiro atoms. The van der Waals surface area contributed by atoms with Gasteiger partial charge in [0, 0.05) is 16.6 Å². The van der Waals surface area contributed by atoms with Crippen molar-refractivity contribution in [1.29, 1.82) is 0 Å². The molecule has 5 heteroatoms. The number of anilines is 1. The summed E-state index contributed by atoms with van der Waals surface area (Å²) < 4.78 is 0. The van der Waals surface area contributed by atoms with Crippen molar-refractivity contribution in [3.8, 4) is 0 Å². The highest BCUT2D eigenvalue weighted by molar-refractivity contribution is 6.01. The number of aromatic amines is 1. The molecule has 1 heterocycles. The Morgan fingerprint density at radius 1 is 1.35 bits per heavy atom. The predicted molar refractivity (Wildman–Crippen MR) is 65.6 cm³/mol. The van der Waals surface area contributed by atoms with Gasteiger partial charge in [-0.05, 0) is 30.3 Å². The largest absolute Gasteiger partial charge is 0.364 e. The normalized spacial score (nSPS) is 10.1. The van der Waals surface area contributed by atoms with E-state index in [1.807, 2.05) is 0 Å². The summed E-state index contributed by atoms with van der Waals surface area (Å²) in [5.41, 5.74) is 6.93. The fraction of sp³-hybridized carbons (Fsp3) is 0. The number of carbonyl (C=O) groups excluding carboxylic acids is 2. The number of amides is 2. The van der Waals surface area contributed by atoms with Gasteiger partial charge in [0.1, 0.15) is 5.69 Å². The molecule has 0 aliphatic carbocycles. The first kappa shape index (κ1) is 10.9. The number of hydrogen-bond donors (Lipinski definition) is 3. The van der Waals surface area contributed by atoms with Crippen LogP contribution < -0.4 is 11.1 Å². The van der Waals surface area contributed by atoms with Gasteiger partial charge >= 0.3 is 0 Å². The number of hydrogen-bond acceptors (Lipinski definition) is 2. The summed E-state index contributed by atoms with van der Waals surface area (Å²) in [6.45, 7) is 3.37. The molecule has 0 bridgehead atoms. The maximum absolute atomic E-state index is 11.1. The lowest BCUT2D eigenvalue weighted by Gasteiger charge is -2.01. The van der Waals surface area contributed by atoms with Crippen LogP contribution >= 0.6 is 0 Å². The molecule has 0 fully saturated rings. The molecule has 2 rings (SSSR count). The number of fused-ring (bicyclic) bond motifs is 1. The molecule has 5 nitrogen and oxygen atoms in total. The van der Waals surface area contributed by atoms with Crippen LogP contribution in [0.15, 0.2) is 36.9 Å². The topological polar surface area (TPSA) is 88.0 Å². The van der Waals surface area contributed by atoms with Crippen LogP contribution in [0.25, 0.3) is 10.9 Å². The summed E-state index contributed by atoms with van der Waals surface area (Å²) in [6.07, 6.45) is 1.19. The quantitative estimate of drug-likeness (QED) is 0.694. The van der Waals surface area contributed by atoms with E-state index in [4.69, 9.17) is 5.73 Å². The van der Waals surface area contributed by atoms with Gasteiger partial charge in [-0.3, -0.25) is 9.59 Å². The second kappa shape index (κ2) is 4.13. The number of H-pyrrole nitrogens is 1. The molecule has 2 aromatic rings. The van der Waals surface area contributed by atoms with Crippen LogP contribution in [0.3, 0.4) is 0 Å². The average Bonchev–Trinajstić information content (AvgIpc) is 2.72. The van der Waals surface area contributed by atoms with Crippen LogP contribution in [0.4, 0.5) is 5.69 Å². The van der Waals surface area contributed by atoms with E-state index in [2.05, 4.69) is 16.9 Å². The van der Waals surface area contributed by atoms with Crippen LogP contribution in [0.5, 0.6) is 0 Å². The molecular formula is C12H11N3O2. The lowest BCUT2D eigenvalue weighted by atomic mass is 10.2. The lowest BCUT2D eigenvalue weighted by Crippen LogP contribution is -2.10. The van der Waals surface area contributed by atoms with Gasteiger partial charge in [0.2, 0.25) is 5.91 Å². The Labute approximate surface area is 97.3 Å². The maximum Gasteiger partial charge on any atom is 0.265 e. The van der Waals surface area contributed by atoms with E-state index in [1.54, 1.807) is 24.3 Å². The summed E-state index contributed by atoms with van der Waals surface area (Å²) in [5, 5.41) is 3.44. The third-order valence-corrected chi connectivity index (χ3v) is 2.34. The molecule has 0 unspecified atom stereocenters. The number of aromatic nitrogens is 1. The van der Waals surface area contributed by atoms with Gasteiger partial charge in [0.25, 0.3) is 5.91 Å². The fourth-order valence-corrected chi connectivity index (χ4v) is 1.54. The molecule has 17 heavy (non-hydrogen) atoms. The number of rotatable bonds is 3. The average molecular weight is 229 g/mol. The van der Waals surface area contributed by atoms with Crippen molar-refractivity contribution in [3.63, 3.8) is 0 Å². The van der Waals surface area contributed by atoms with E-state index < -0.39 is 5.91 Å². The van der Waals surface area contributed by atoms with Gasteiger partial charge in [-0.2, -0.15) is 0 Å². The summed E-state index contributed by atoms with van der Waals surface area (Å²) in [4.78, 5) is 25.0. The first-order chi connectivity index (χ1) is 8.10. The SMILES string of the molecule is C=CC(=O)Nc1ccc2[nH]c(C(N)=O)cc2c1. The smallest absolute Gasteiger partial charge is 0.265 e. The first-order valence-corrected chi connectivity index (χ1v) is 4.96. The molecule has 0 radical (unpaired) electrons. The molecule has 86 valence electrons. The van der Waals surface area contributed by atoms with Crippen molar-refractivity contribution in [2.24, 2.45) is 5.73 Å². The highest BCUT2D eigenvalue weighted by atomic mass is 16.1. The molecule has 1 aromatic carbocycles. The van der Waals surface area contributed by atoms with Crippen LogP contribution in [-0.4, -0.2) is 16.8 Å². The molecule has 4 N–H and O–H groups in total. The molecule has 1 aromatic heterocycles. The van der Waals surface area contributed by atoms with E-state index in [-0.39, 0.29) is 5.91 Å². The van der Waals surface area contributed by atoms with Crippen LogP contribution in [0, 0.1) is 0 Å². The standard InChI is InChI=1S/C12H11N3O2/c1-2-11(16)14-8-3-4-9-7(5-8)6-10(15-9)12(13)17/h2-6,15H,1H2,(H2,13,17)(H,14,16). The van der Waals surface area contributed by atoms with Gasteiger partial charge in [0.05, 0.1) is 0 Å². The van der Waals surface area contributed by atoms with Crippen molar-refractivity contribution in [1.82, 2.24) is 4.98 Å². The number of nitrogens with two attached hydrogens (primary N) is 1. The number of carbonyl (C=O) groups is 2. The third-order valence-electron chi connectivity index (χ3n) is 2.34. The zero-order chi connectivity index (χ0) is 12.4. The van der Waals surface area contributed by atoms with Crippen LogP contribution in [0.2, 0.25) is 0 Å². The summed E-state index contributed by atoms with van der Waals surface area (Å²) in [7, 11) is 0. The highest BCUT2D eigenvalue weighted by Crippen LogP contribution is 2.20. The molecule has 2 amide bonds. The van der Waals surface area contributed by atoms with Crippen LogP contribution in [0.1, 0.15) is 10.5 Å². The predicted octanol–water partition coefficient (Wildman–Crippen LogP) is 1.39. The Morgan fingerprint density at radius 3 is 2.76 bits per heavy atom. The van der Waals surface area contributed by atoms with Gasteiger partial charge in [-0.1, -0.05) is 6.58 Å². The zero-order valence-electron chi connectivity index (χ0n) is 8.99. The van der Waals surface area contributed by atoms with E-state index in [9.17, 15) is 9.59 Å². The van der Waals surface area contributed by atoms with Gasteiger partial charge in [-0.25, -0.2) is 0 Å². The molecule has 0 saturated carbocycles. The molecular weight excluding hydrogens is 218 g/mol. The van der Waals surface area contributed by atoms with Crippen molar-refractivity contribution in [3.05, 3.63) is 42.6 Å². The van der Waals surface area contributed by atoms with E-state index in [0.717, 1.165) is 10.9 Å². The molecule has 0 atom stereocenters. The Balaban J connectivity index is 2.39. The van der Waals surface area contributed by atoms with Crippen molar-refractivity contribution < 1.29 is 9.59 Å². The summed E-state index contributed by atoms with van der Waals surface area (Å²) in [5.74, 6) is -0.798. The molecule has 0 saturated heterocycles. The van der Waals surface area contributed by atoms with Crippen molar-refractivity contribution in [2.75, 3.05) is 5.32 Å². The molecule has 0 aliphatic rings.